The highest BCUT2D eigenvalue weighted by Crippen LogP contribution is 2.18. The second-order valence-corrected chi connectivity index (χ2v) is 5.45. The van der Waals surface area contributed by atoms with Gasteiger partial charge in [-0.3, -0.25) is 0 Å². The molecular weight excluding hydrogens is 254 g/mol. The minimum Gasteiger partial charge on any atom is -0.396 e. The minimum absolute atomic E-state index is 0.0410. The Labute approximate surface area is 104 Å². The number of nitrogens with zero attached hydrogens (tertiary/aromatic N) is 3. The summed E-state index contributed by atoms with van der Waals surface area (Å²) >= 11 is 0. The molecule has 0 aliphatic rings. The predicted octanol–water partition coefficient (Wildman–Crippen LogP) is 0.114. The molecule has 0 spiro atoms. The molecule has 0 saturated heterocycles. The lowest BCUT2D eigenvalue weighted by molar-refractivity contribution is 0.597. The van der Waals surface area contributed by atoms with E-state index in [1.54, 1.807) is 11.6 Å². The van der Waals surface area contributed by atoms with Crippen molar-refractivity contribution in [3.05, 3.63) is 29.7 Å². The molecule has 2 aromatic rings. The Hall–Kier alpha value is -1.93. The molecule has 2 rings (SSSR count). The van der Waals surface area contributed by atoms with Crippen LogP contribution in [0.5, 0.6) is 0 Å². The highest BCUT2D eigenvalue weighted by Gasteiger charge is 2.12. The van der Waals surface area contributed by atoms with Crippen LogP contribution in [-0.4, -0.2) is 23.2 Å². The molecule has 0 unspecified atom stereocenters. The van der Waals surface area contributed by atoms with E-state index in [4.69, 9.17) is 10.9 Å². The number of rotatable bonds is 2. The lowest BCUT2D eigenvalue weighted by Gasteiger charge is -2.04. The molecular formula is C10H13N5O2S. The van der Waals surface area contributed by atoms with Gasteiger partial charge in [0.2, 0.25) is 10.0 Å². The first-order valence-corrected chi connectivity index (χ1v) is 6.66. The van der Waals surface area contributed by atoms with Crippen molar-refractivity contribution in [3.63, 3.8) is 0 Å². The number of hydrogen-bond acceptors (Lipinski definition) is 5. The number of aryl methyl sites for hydroxylation is 1. The number of aromatic nitrogens is 3. The first-order chi connectivity index (χ1) is 8.30. The van der Waals surface area contributed by atoms with E-state index in [-0.39, 0.29) is 4.90 Å². The first-order valence-electron chi connectivity index (χ1n) is 5.11. The van der Waals surface area contributed by atoms with E-state index in [1.165, 1.54) is 18.3 Å². The van der Waals surface area contributed by atoms with E-state index in [0.29, 0.717) is 17.2 Å². The van der Waals surface area contributed by atoms with Crippen LogP contribution in [0.4, 0.5) is 5.69 Å². The predicted molar refractivity (Wildman–Crippen MR) is 66.6 cm³/mol. The average Bonchev–Trinajstić information content (AvgIpc) is 2.56. The van der Waals surface area contributed by atoms with Crippen LogP contribution in [0.3, 0.4) is 0 Å². The SMILES string of the molecule is Cc1nn(-c2ccc(S(N)(=O)=O)cn2)c(C)c1N. The zero-order valence-corrected chi connectivity index (χ0v) is 10.8. The third-order valence-electron chi connectivity index (χ3n) is 2.61. The van der Waals surface area contributed by atoms with E-state index >= 15 is 0 Å². The number of primary sulfonamides is 1. The second kappa shape index (κ2) is 4.07. The van der Waals surface area contributed by atoms with Crippen molar-refractivity contribution >= 4 is 15.7 Å². The van der Waals surface area contributed by atoms with E-state index in [0.717, 1.165) is 5.69 Å². The summed E-state index contributed by atoms with van der Waals surface area (Å²) in [4.78, 5) is 3.98. The van der Waals surface area contributed by atoms with Crippen LogP contribution in [0.1, 0.15) is 11.4 Å². The number of nitrogens with two attached hydrogens (primary N) is 2. The van der Waals surface area contributed by atoms with Crippen molar-refractivity contribution in [2.45, 2.75) is 18.7 Å². The maximum absolute atomic E-state index is 11.1. The minimum atomic E-state index is -3.73. The van der Waals surface area contributed by atoms with Gasteiger partial charge < -0.3 is 5.73 Å². The lowest BCUT2D eigenvalue weighted by Crippen LogP contribution is -2.13. The van der Waals surface area contributed by atoms with E-state index in [9.17, 15) is 8.42 Å². The van der Waals surface area contributed by atoms with Crippen molar-refractivity contribution in [2.24, 2.45) is 5.14 Å². The van der Waals surface area contributed by atoms with Crippen LogP contribution in [0, 0.1) is 13.8 Å². The Kier molecular flexibility index (Phi) is 2.83. The third kappa shape index (κ3) is 2.07. The van der Waals surface area contributed by atoms with Gasteiger partial charge in [-0.25, -0.2) is 23.2 Å². The summed E-state index contributed by atoms with van der Waals surface area (Å²) in [6.45, 7) is 3.60. The molecule has 0 amide bonds. The summed E-state index contributed by atoms with van der Waals surface area (Å²) in [6.07, 6.45) is 1.19. The van der Waals surface area contributed by atoms with Crippen LogP contribution >= 0.6 is 0 Å². The van der Waals surface area contributed by atoms with Gasteiger partial charge in [0.15, 0.2) is 5.82 Å². The Bertz CT molecular complexity index is 688. The van der Waals surface area contributed by atoms with Gasteiger partial charge in [-0.2, -0.15) is 5.10 Å². The molecule has 0 saturated carbocycles. The van der Waals surface area contributed by atoms with Gasteiger partial charge in [-0.15, -0.1) is 0 Å². The summed E-state index contributed by atoms with van der Waals surface area (Å²) in [6, 6.07) is 2.91. The Morgan fingerprint density at radius 2 is 1.94 bits per heavy atom. The monoisotopic (exact) mass is 267 g/mol. The van der Waals surface area contributed by atoms with E-state index in [2.05, 4.69) is 10.1 Å². The van der Waals surface area contributed by atoms with Crippen molar-refractivity contribution in [1.29, 1.82) is 0 Å². The lowest BCUT2D eigenvalue weighted by atomic mass is 10.3. The van der Waals surface area contributed by atoms with Gasteiger partial charge in [-0.1, -0.05) is 0 Å². The Morgan fingerprint density at radius 1 is 1.28 bits per heavy atom. The number of anilines is 1. The molecule has 0 aliphatic heterocycles. The summed E-state index contributed by atoms with van der Waals surface area (Å²) in [5.41, 5.74) is 7.85. The summed E-state index contributed by atoms with van der Waals surface area (Å²) in [7, 11) is -3.73. The fourth-order valence-electron chi connectivity index (χ4n) is 1.54. The van der Waals surface area contributed by atoms with Crippen molar-refractivity contribution in [2.75, 3.05) is 5.73 Å². The molecule has 2 heterocycles. The quantitative estimate of drug-likeness (QED) is 0.801. The molecule has 0 atom stereocenters. The largest absolute Gasteiger partial charge is 0.396 e. The standard InChI is InChI=1S/C10H13N5O2S/c1-6-10(11)7(2)15(14-6)9-4-3-8(5-13-9)18(12,16)17/h3-5H,11H2,1-2H3,(H2,12,16,17). The zero-order valence-electron chi connectivity index (χ0n) is 9.95. The topological polar surface area (TPSA) is 117 Å². The van der Waals surface area contributed by atoms with Gasteiger partial charge in [0.05, 0.1) is 17.1 Å². The maximum atomic E-state index is 11.1. The fraction of sp³-hybridized carbons (Fsp3) is 0.200. The fourth-order valence-corrected chi connectivity index (χ4v) is 2.00. The molecule has 96 valence electrons. The van der Waals surface area contributed by atoms with Crippen molar-refractivity contribution in [1.82, 2.24) is 14.8 Å². The van der Waals surface area contributed by atoms with Crippen LogP contribution in [0.25, 0.3) is 5.82 Å². The zero-order chi connectivity index (χ0) is 13.5. The average molecular weight is 267 g/mol. The normalized spacial score (nSPS) is 11.7. The van der Waals surface area contributed by atoms with Crippen LogP contribution in [0.15, 0.2) is 23.2 Å². The Balaban J connectivity index is 2.50. The molecule has 0 fully saturated rings. The highest BCUT2D eigenvalue weighted by molar-refractivity contribution is 7.89. The molecule has 18 heavy (non-hydrogen) atoms. The number of nitrogen functional groups attached to an aromatic ring is 1. The van der Waals surface area contributed by atoms with E-state index < -0.39 is 10.0 Å². The van der Waals surface area contributed by atoms with Crippen LogP contribution in [-0.2, 0) is 10.0 Å². The van der Waals surface area contributed by atoms with E-state index in [1.807, 2.05) is 6.92 Å². The second-order valence-electron chi connectivity index (χ2n) is 3.89. The number of sulfonamides is 1. The number of pyridine rings is 1. The van der Waals surface area contributed by atoms with Gasteiger partial charge in [0.25, 0.3) is 0 Å². The number of hydrogen-bond donors (Lipinski definition) is 2. The molecule has 4 N–H and O–H groups in total. The Morgan fingerprint density at radius 3 is 2.33 bits per heavy atom. The van der Waals surface area contributed by atoms with Gasteiger partial charge in [0.1, 0.15) is 4.90 Å². The third-order valence-corrected chi connectivity index (χ3v) is 3.51. The molecule has 8 heteroatoms. The molecule has 0 bridgehead atoms. The van der Waals surface area contributed by atoms with Crippen molar-refractivity contribution < 1.29 is 8.42 Å². The summed E-state index contributed by atoms with van der Waals surface area (Å²) in [5.74, 6) is 0.486. The van der Waals surface area contributed by atoms with Crippen LogP contribution < -0.4 is 10.9 Å². The maximum Gasteiger partial charge on any atom is 0.239 e. The summed E-state index contributed by atoms with van der Waals surface area (Å²) < 4.78 is 23.8. The van der Waals surface area contributed by atoms with Crippen LogP contribution in [0.2, 0.25) is 0 Å². The highest BCUT2D eigenvalue weighted by atomic mass is 32.2. The summed E-state index contributed by atoms with van der Waals surface area (Å²) in [5, 5.41) is 9.21. The first kappa shape index (κ1) is 12.5. The molecule has 0 aliphatic carbocycles. The van der Waals surface area contributed by atoms with Gasteiger partial charge >= 0.3 is 0 Å². The van der Waals surface area contributed by atoms with Crippen molar-refractivity contribution in [3.8, 4) is 5.82 Å². The molecule has 7 nitrogen and oxygen atoms in total. The van der Waals surface area contributed by atoms with Gasteiger partial charge in [0, 0.05) is 6.20 Å². The molecule has 2 aromatic heterocycles. The smallest absolute Gasteiger partial charge is 0.239 e. The van der Waals surface area contributed by atoms with Gasteiger partial charge in [-0.05, 0) is 26.0 Å². The molecule has 0 aromatic carbocycles. The molecule has 0 radical (unpaired) electrons.